The third-order valence-electron chi connectivity index (χ3n) is 3.94. The number of anilines is 1. The number of nitrogens with one attached hydrogen (secondary N) is 2. The third kappa shape index (κ3) is 4.70. The van der Waals surface area contributed by atoms with Gasteiger partial charge in [-0.15, -0.1) is 0 Å². The lowest BCUT2D eigenvalue weighted by Gasteiger charge is -2.15. The summed E-state index contributed by atoms with van der Waals surface area (Å²) < 4.78 is 23.8. The summed E-state index contributed by atoms with van der Waals surface area (Å²) in [6.45, 7) is 3.85. The van der Waals surface area contributed by atoms with E-state index in [2.05, 4.69) is 10.6 Å². The standard InChI is InChI=1S/C19H22N2O4S/c1-4-13(2)20-18(22)14-9-5-7-11-16(14)21-19(23)15-10-6-8-12-17(15)26(3,24)25/h5-13H,4H2,1-3H3,(H,20,22)(H,21,23). The van der Waals surface area contributed by atoms with Crippen molar-refractivity contribution >= 4 is 27.3 Å². The van der Waals surface area contributed by atoms with Crippen molar-refractivity contribution in [3.8, 4) is 0 Å². The van der Waals surface area contributed by atoms with Crippen molar-refractivity contribution in [2.24, 2.45) is 0 Å². The smallest absolute Gasteiger partial charge is 0.257 e. The van der Waals surface area contributed by atoms with Crippen LogP contribution in [0.2, 0.25) is 0 Å². The van der Waals surface area contributed by atoms with Crippen LogP contribution in [0.3, 0.4) is 0 Å². The molecule has 1 atom stereocenters. The average Bonchev–Trinajstić information content (AvgIpc) is 2.61. The van der Waals surface area contributed by atoms with E-state index in [1.807, 2.05) is 13.8 Å². The summed E-state index contributed by atoms with van der Waals surface area (Å²) in [6, 6.07) is 12.6. The number of hydrogen-bond donors (Lipinski definition) is 2. The van der Waals surface area contributed by atoms with Gasteiger partial charge in [0.05, 0.1) is 21.7 Å². The molecule has 2 aromatic rings. The van der Waals surface area contributed by atoms with Crippen LogP contribution in [-0.4, -0.2) is 32.5 Å². The molecule has 0 aliphatic rings. The zero-order chi connectivity index (χ0) is 19.3. The van der Waals surface area contributed by atoms with Gasteiger partial charge in [-0.1, -0.05) is 31.2 Å². The summed E-state index contributed by atoms with van der Waals surface area (Å²) in [6.07, 6.45) is 1.83. The number of hydrogen-bond acceptors (Lipinski definition) is 4. The van der Waals surface area contributed by atoms with E-state index in [0.717, 1.165) is 12.7 Å². The molecule has 0 spiro atoms. The summed E-state index contributed by atoms with van der Waals surface area (Å²) in [5, 5.41) is 5.50. The van der Waals surface area contributed by atoms with Crippen LogP contribution >= 0.6 is 0 Å². The highest BCUT2D eigenvalue weighted by Gasteiger charge is 2.20. The Bertz CT molecular complexity index is 923. The largest absolute Gasteiger partial charge is 0.350 e. The van der Waals surface area contributed by atoms with Crippen molar-refractivity contribution in [3.63, 3.8) is 0 Å². The van der Waals surface area contributed by atoms with E-state index in [0.29, 0.717) is 11.3 Å². The first-order chi connectivity index (χ1) is 12.2. The maximum Gasteiger partial charge on any atom is 0.257 e. The molecule has 26 heavy (non-hydrogen) atoms. The number of carbonyl (C=O) groups is 2. The molecule has 0 aliphatic heterocycles. The Balaban J connectivity index is 2.33. The quantitative estimate of drug-likeness (QED) is 0.813. The lowest BCUT2D eigenvalue weighted by molar-refractivity contribution is 0.0940. The number of sulfone groups is 1. The predicted molar refractivity (Wildman–Crippen MR) is 101 cm³/mol. The van der Waals surface area contributed by atoms with E-state index in [4.69, 9.17) is 0 Å². The first-order valence-electron chi connectivity index (χ1n) is 8.24. The molecule has 2 N–H and O–H groups in total. The number of benzene rings is 2. The molecule has 0 fully saturated rings. The minimum absolute atomic E-state index is 0.00258. The van der Waals surface area contributed by atoms with Crippen molar-refractivity contribution in [1.82, 2.24) is 5.32 Å². The van der Waals surface area contributed by atoms with Crippen LogP contribution < -0.4 is 10.6 Å². The number of rotatable bonds is 6. The maximum atomic E-state index is 12.6. The van der Waals surface area contributed by atoms with Gasteiger partial charge in [0.2, 0.25) is 0 Å². The lowest BCUT2D eigenvalue weighted by Crippen LogP contribution is -2.32. The van der Waals surface area contributed by atoms with Crippen LogP contribution in [0.1, 0.15) is 41.0 Å². The van der Waals surface area contributed by atoms with Crippen LogP contribution in [0.25, 0.3) is 0 Å². The Hall–Kier alpha value is -2.67. The van der Waals surface area contributed by atoms with Crippen molar-refractivity contribution in [2.45, 2.75) is 31.2 Å². The van der Waals surface area contributed by atoms with Gasteiger partial charge in [-0.25, -0.2) is 8.42 Å². The van der Waals surface area contributed by atoms with Crippen molar-refractivity contribution < 1.29 is 18.0 Å². The maximum absolute atomic E-state index is 12.6. The lowest BCUT2D eigenvalue weighted by atomic mass is 10.1. The molecule has 138 valence electrons. The predicted octanol–water partition coefficient (Wildman–Crippen LogP) is 2.87. The minimum Gasteiger partial charge on any atom is -0.350 e. The first kappa shape index (κ1) is 19.7. The number of para-hydroxylation sites is 1. The molecule has 0 radical (unpaired) electrons. The van der Waals surface area contributed by atoms with Gasteiger partial charge in [-0.3, -0.25) is 9.59 Å². The molecule has 0 saturated heterocycles. The normalized spacial score (nSPS) is 12.3. The average molecular weight is 374 g/mol. The summed E-state index contributed by atoms with van der Waals surface area (Å²) in [5.41, 5.74) is 0.673. The summed E-state index contributed by atoms with van der Waals surface area (Å²) >= 11 is 0. The van der Waals surface area contributed by atoms with Gasteiger partial charge in [-0.2, -0.15) is 0 Å². The van der Waals surface area contributed by atoms with E-state index in [-0.39, 0.29) is 22.4 Å². The minimum atomic E-state index is -3.56. The summed E-state index contributed by atoms with van der Waals surface area (Å²) in [4.78, 5) is 25.0. The fourth-order valence-corrected chi connectivity index (χ4v) is 3.25. The number of amides is 2. The number of carbonyl (C=O) groups excluding carboxylic acids is 2. The van der Waals surface area contributed by atoms with Gasteiger partial charge in [0.15, 0.2) is 9.84 Å². The second-order valence-electron chi connectivity index (χ2n) is 6.05. The molecule has 6 nitrogen and oxygen atoms in total. The molecular weight excluding hydrogens is 352 g/mol. The van der Waals surface area contributed by atoms with Crippen LogP contribution in [-0.2, 0) is 9.84 Å². The van der Waals surface area contributed by atoms with Gasteiger partial charge in [-0.05, 0) is 37.6 Å². The Kier molecular flexibility index (Phi) is 6.15. The zero-order valence-electron chi connectivity index (χ0n) is 14.9. The molecule has 0 aromatic heterocycles. The topological polar surface area (TPSA) is 92.3 Å². The Morgan fingerprint density at radius 2 is 1.54 bits per heavy atom. The Labute approximate surface area is 153 Å². The van der Waals surface area contributed by atoms with Crippen molar-refractivity contribution in [1.29, 1.82) is 0 Å². The molecule has 2 rings (SSSR count). The molecule has 0 aliphatic carbocycles. The van der Waals surface area contributed by atoms with Gasteiger partial charge in [0.25, 0.3) is 11.8 Å². The highest BCUT2D eigenvalue weighted by atomic mass is 32.2. The molecule has 0 bridgehead atoms. The molecular formula is C19H22N2O4S. The van der Waals surface area contributed by atoms with Crippen LogP contribution in [0.5, 0.6) is 0 Å². The van der Waals surface area contributed by atoms with E-state index in [9.17, 15) is 18.0 Å². The highest BCUT2D eigenvalue weighted by Crippen LogP contribution is 2.20. The third-order valence-corrected chi connectivity index (χ3v) is 5.10. The fourth-order valence-electron chi connectivity index (χ4n) is 2.36. The first-order valence-corrected chi connectivity index (χ1v) is 10.1. The summed E-state index contributed by atoms with van der Waals surface area (Å²) in [7, 11) is -3.56. The zero-order valence-corrected chi connectivity index (χ0v) is 15.8. The molecule has 0 heterocycles. The van der Waals surface area contributed by atoms with E-state index in [1.54, 1.807) is 36.4 Å². The molecule has 2 aromatic carbocycles. The molecule has 7 heteroatoms. The SMILES string of the molecule is CCC(C)NC(=O)c1ccccc1NC(=O)c1ccccc1S(C)(=O)=O. The second kappa shape index (κ2) is 8.14. The van der Waals surface area contributed by atoms with E-state index >= 15 is 0 Å². The Morgan fingerprint density at radius 1 is 0.962 bits per heavy atom. The summed E-state index contributed by atoms with van der Waals surface area (Å²) in [5.74, 6) is -0.888. The van der Waals surface area contributed by atoms with Crippen molar-refractivity contribution in [2.75, 3.05) is 11.6 Å². The van der Waals surface area contributed by atoms with Gasteiger partial charge >= 0.3 is 0 Å². The fraction of sp³-hybridized carbons (Fsp3) is 0.263. The molecule has 1 unspecified atom stereocenters. The van der Waals surface area contributed by atoms with Crippen LogP contribution in [0.15, 0.2) is 53.4 Å². The van der Waals surface area contributed by atoms with Crippen LogP contribution in [0, 0.1) is 0 Å². The van der Waals surface area contributed by atoms with Gasteiger partial charge < -0.3 is 10.6 Å². The molecule has 2 amide bonds. The van der Waals surface area contributed by atoms with E-state index in [1.165, 1.54) is 12.1 Å². The van der Waals surface area contributed by atoms with E-state index < -0.39 is 15.7 Å². The van der Waals surface area contributed by atoms with Gasteiger partial charge in [0, 0.05) is 12.3 Å². The van der Waals surface area contributed by atoms with Gasteiger partial charge in [0.1, 0.15) is 0 Å². The Morgan fingerprint density at radius 3 is 2.15 bits per heavy atom. The second-order valence-corrected chi connectivity index (χ2v) is 8.03. The monoisotopic (exact) mass is 374 g/mol. The van der Waals surface area contributed by atoms with Crippen LogP contribution in [0.4, 0.5) is 5.69 Å². The van der Waals surface area contributed by atoms with Crippen molar-refractivity contribution in [3.05, 3.63) is 59.7 Å². The highest BCUT2D eigenvalue weighted by molar-refractivity contribution is 7.90. The molecule has 0 saturated carbocycles.